The molecule has 0 radical (unpaired) electrons. The Morgan fingerprint density at radius 1 is 1.67 bits per heavy atom. The molecule has 1 aliphatic rings. The number of likely N-dealkylation sites (tertiary alicyclic amines) is 1. The number of nitrogens with two attached hydrogens (primary N) is 1. The van der Waals surface area contributed by atoms with Crippen LogP contribution in [0.1, 0.15) is 6.42 Å². The van der Waals surface area contributed by atoms with Crippen molar-refractivity contribution in [3.63, 3.8) is 0 Å². The zero-order chi connectivity index (χ0) is 9.14. The number of hydrogen-bond acceptors (Lipinski definition) is 3. The Kier molecular flexibility index (Phi) is 3.05. The molecular formula is C8H17N3O. The number of hydrogen-bond donors (Lipinski definition) is 1. The molecule has 1 fully saturated rings. The van der Waals surface area contributed by atoms with Gasteiger partial charge in [0, 0.05) is 13.1 Å². The van der Waals surface area contributed by atoms with Gasteiger partial charge in [-0.25, -0.2) is 0 Å². The minimum Gasteiger partial charge on any atom is -0.339 e. The third kappa shape index (κ3) is 2.19. The van der Waals surface area contributed by atoms with Crippen LogP contribution in [0.25, 0.3) is 0 Å². The molecule has 1 amide bonds. The SMILES string of the molecule is CN(C)CCCN1CC(N)C1=O. The van der Waals surface area contributed by atoms with E-state index in [4.69, 9.17) is 5.73 Å². The van der Waals surface area contributed by atoms with Crippen molar-refractivity contribution >= 4 is 5.91 Å². The third-order valence-electron chi connectivity index (χ3n) is 2.08. The van der Waals surface area contributed by atoms with Crippen molar-refractivity contribution in [1.82, 2.24) is 9.80 Å². The van der Waals surface area contributed by atoms with Gasteiger partial charge in [0.1, 0.15) is 6.04 Å². The molecule has 1 heterocycles. The molecule has 70 valence electrons. The maximum Gasteiger partial charge on any atom is 0.241 e. The van der Waals surface area contributed by atoms with E-state index in [0.29, 0.717) is 0 Å². The first-order valence-electron chi connectivity index (χ1n) is 4.30. The number of nitrogens with zero attached hydrogens (tertiary/aromatic N) is 2. The molecule has 0 saturated carbocycles. The monoisotopic (exact) mass is 171 g/mol. The van der Waals surface area contributed by atoms with Crippen LogP contribution in [0.15, 0.2) is 0 Å². The normalized spacial score (nSPS) is 23.2. The van der Waals surface area contributed by atoms with Gasteiger partial charge in [0.15, 0.2) is 0 Å². The van der Waals surface area contributed by atoms with Crippen molar-refractivity contribution in [1.29, 1.82) is 0 Å². The molecule has 4 heteroatoms. The molecule has 4 nitrogen and oxygen atoms in total. The molecular weight excluding hydrogens is 154 g/mol. The minimum atomic E-state index is -0.218. The minimum absolute atomic E-state index is 0.105. The number of β-lactam (4-membered cyclic amide) rings is 1. The third-order valence-corrected chi connectivity index (χ3v) is 2.08. The van der Waals surface area contributed by atoms with Gasteiger partial charge in [-0.1, -0.05) is 0 Å². The molecule has 1 unspecified atom stereocenters. The smallest absolute Gasteiger partial charge is 0.241 e. The second kappa shape index (κ2) is 3.87. The first-order chi connectivity index (χ1) is 5.61. The molecule has 0 spiro atoms. The number of amides is 1. The van der Waals surface area contributed by atoms with E-state index in [-0.39, 0.29) is 11.9 Å². The van der Waals surface area contributed by atoms with Crippen LogP contribution >= 0.6 is 0 Å². The lowest BCUT2D eigenvalue weighted by Crippen LogP contribution is -2.61. The highest BCUT2D eigenvalue weighted by molar-refractivity contribution is 5.87. The second-order valence-corrected chi connectivity index (χ2v) is 3.55. The Labute approximate surface area is 73.3 Å². The lowest BCUT2D eigenvalue weighted by molar-refractivity contribution is -0.142. The van der Waals surface area contributed by atoms with E-state index in [0.717, 1.165) is 26.1 Å². The summed E-state index contributed by atoms with van der Waals surface area (Å²) in [5, 5.41) is 0. The highest BCUT2D eigenvalue weighted by atomic mass is 16.2. The molecule has 0 bridgehead atoms. The zero-order valence-electron chi connectivity index (χ0n) is 7.79. The number of carbonyl (C=O) groups is 1. The summed E-state index contributed by atoms with van der Waals surface area (Å²) in [6, 6.07) is -0.218. The average Bonchev–Trinajstić information content (AvgIpc) is 2.02. The van der Waals surface area contributed by atoms with Crippen LogP contribution in [0, 0.1) is 0 Å². The number of carbonyl (C=O) groups excluding carboxylic acids is 1. The standard InChI is InChI=1S/C8H17N3O/c1-10(2)4-3-5-11-6-7(9)8(11)12/h7H,3-6,9H2,1-2H3. The summed E-state index contributed by atoms with van der Waals surface area (Å²) < 4.78 is 0. The van der Waals surface area contributed by atoms with Crippen LogP contribution in [0.5, 0.6) is 0 Å². The summed E-state index contributed by atoms with van der Waals surface area (Å²) in [6.45, 7) is 2.62. The largest absolute Gasteiger partial charge is 0.339 e. The van der Waals surface area contributed by atoms with Crippen molar-refractivity contribution in [2.45, 2.75) is 12.5 Å². The first-order valence-corrected chi connectivity index (χ1v) is 4.30. The summed E-state index contributed by atoms with van der Waals surface area (Å²) in [5.41, 5.74) is 5.44. The van der Waals surface area contributed by atoms with Gasteiger partial charge in [-0.3, -0.25) is 4.79 Å². The molecule has 0 aliphatic carbocycles. The predicted molar refractivity (Wildman–Crippen MR) is 47.7 cm³/mol. The number of rotatable bonds is 4. The van der Waals surface area contributed by atoms with E-state index in [1.165, 1.54) is 0 Å². The Hall–Kier alpha value is -0.610. The van der Waals surface area contributed by atoms with Gasteiger partial charge in [-0.05, 0) is 27.1 Å². The Morgan fingerprint density at radius 3 is 2.75 bits per heavy atom. The maximum atomic E-state index is 11.0. The lowest BCUT2D eigenvalue weighted by atomic mass is 10.1. The van der Waals surface area contributed by atoms with Crippen LogP contribution in [0.2, 0.25) is 0 Å². The van der Waals surface area contributed by atoms with E-state index in [1.54, 1.807) is 0 Å². The highest BCUT2D eigenvalue weighted by Crippen LogP contribution is 2.07. The van der Waals surface area contributed by atoms with Gasteiger partial charge in [0.2, 0.25) is 5.91 Å². The van der Waals surface area contributed by atoms with E-state index >= 15 is 0 Å². The summed E-state index contributed by atoms with van der Waals surface area (Å²) in [7, 11) is 4.06. The molecule has 0 aromatic carbocycles. The molecule has 0 aromatic rings. The fraction of sp³-hybridized carbons (Fsp3) is 0.875. The quantitative estimate of drug-likeness (QED) is 0.558. The van der Waals surface area contributed by atoms with E-state index < -0.39 is 0 Å². The Bertz CT molecular complexity index is 170. The van der Waals surface area contributed by atoms with Crippen LogP contribution in [0.4, 0.5) is 0 Å². The zero-order valence-corrected chi connectivity index (χ0v) is 7.79. The van der Waals surface area contributed by atoms with Gasteiger partial charge in [-0.15, -0.1) is 0 Å². The van der Waals surface area contributed by atoms with E-state index in [1.807, 2.05) is 19.0 Å². The van der Waals surface area contributed by atoms with Crippen LogP contribution in [-0.4, -0.2) is 55.5 Å². The van der Waals surface area contributed by atoms with Crippen molar-refractivity contribution in [2.24, 2.45) is 5.73 Å². The highest BCUT2D eigenvalue weighted by Gasteiger charge is 2.32. The summed E-state index contributed by atoms with van der Waals surface area (Å²) >= 11 is 0. The van der Waals surface area contributed by atoms with Gasteiger partial charge in [0.25, 0.3) is 0 Å². The maximum absolute atomic E-state index is 11.0. The topological polar surface area (TPSA) is 49.6 Å². The van der Waals surface area contributed by atoms with Crippen LogP contribution in [0.3, 0.4) is 0 Å². The van der Waals surface area contributed by atoms with Gasteiger partial charge >= 0.3 is 0 Å². The molecule has 1 atom stereocenters. The fourth-order valence-corrected chi connectivity index (χ4v) is 1.31. The Balaban J connectivity index is 2.06. The van der Waals surface area contributed by atoms with Gasteiger partial charge in [-0.2, -0.15) is 0 Å². The first kappa shape index (κ1) is 9.48. The van der Waals surface area contributed by atoms with Gasteiger partial charge in [0.05, 0.1) is 0 Å². The van der Waals surface area contributed by atoms with E-state index in [2.05, 4.69) is 4.90 Å². The average molecular weight is 171 g/mol. The van der Waals surface area contributed by atoms with Crippen LogP contribution < -0.4 is 5.73 Å². The molecule has 1 rings (SSSR count). The molecule has 0 aromatic heterocycles. The Morgan fingerprint density at radius 2 is 2.33 bits per heavy atom. The predicted octanol–water partition coefficient (Wildman–Crippen LogP) is -0.892. The van der Waals surface area contributed by atoms with Crippen molar-refractivity contribution in [3.8, 4) is 0 Å². The summed E-state index contributed by atoms with van der Waals surface area (Å²) in [6.07, 6.45) is 1.03. The fourth-order valence-electron chi connectivity index (χ4n) is 1.31. The van der Waals surface area contributed by atoms with Crippen LogP contribution in [-0.2, 0) is 4.79 Å². The van der Waals surface area contributed by atoms with Crippen molar-refractivity contribution < 1.29 is 4.79 Å². The van der Waals surface area contributed by atoms with Crippen molar-refractivity contribution in [3.05, 3.63) is 0 Å². The second-order valence-electron chi connectivity index (χ2n) is 3.55. The lowest BCUT2D eigenvalue weighted by Gasteiger charge is -2.36. The van der Waals surface area contributed by atoms with E-state index in [9.17, 15) is 4.79 Å². The molecule has 1 aliphatic heterocycles. The van der Waals surface area contributed by atoms with Gasteiger partial charge < -0.3 is 15.5 Å². The molecule has 12 heavy (non-hydrogen) atoms. The van der Waals surface area contributed by atoms with Crippen molar-refractivity contribution in [2.75, 3.05) is 33.7 Å². The summed E-state index contributed by atoms with van der Waals surface area (Å²) in [4.78, 5) is 15.0. The molecule has 2 N–H and O–H groups in total. The summed E-state index contributed by atoms with van der Waals surface area (Å²) in [5.74, 6) is 0.105. The molecule has 1 saturated heterocycles.